The summed E-state index contributed by atoms with van der Waals surface area (Å²) in [6.45, 7) is 4.03. The van der Waals surface area contributed by atoms with Gasteiger partial charge in [0.05, 0.1) is 5.25 Å². The summed E-state index contributed by atoms with van der Waals surface area (Å²) in [6, 6.07) is 9.04. The van der Waals surface area contributed by atoms with Crippen molar-refractivity contribution in [3.8, 4) is 0 Å². The third kappa shape index (κ3) is 3.46. The maximum atomic E-state index is 12.9. The van der Waals surface area contributed by atoms with Crippen LogP contribution in [0.25, 0.3) is 0 Å². The van der Waals surface area contributed by atoms with Crippen molar-refractivity contribution in [3.63, 3.8) is 0 Å². The Bertz CT molecular complexity index is 494. The molecular weight excluding hydrogens is 348 g/mol. The molecule has 5 heteroatoms. The summed E-state index contributed by atoms with van der Waals surface area (Å²) in [5.74, 6) is 0.305. The van der Waals surface area contributed by atoms with E-state index in [4.69, 9.17) is 0 Å². The highest BCUT2D eigenvalue weighted by molar-refractivity contribution is 9.10. The molecule has 0 radical (unpaired) electrons. The Kier molecular flexibility index (Phi) is 4.92. The van der Waals surface area contributed by atoms with Crippen LogP contribution in [-0.4, -0.2) is 41.2 Å². The molecule has 2 bridgehead atoms. The lowest BCUT2D eigenvalue weighted by Gasteiger charge is -2.30. The zero-order chi connectivity index (χ0) is 14.8. The van der Waals surface area contributed by atoms with Crippen molar-refractivity contribution in [3.05, 3.63) is 28.7 Å². The summed E-state index contributed by atoms with van der Waals surface area (Å²) in [4.78, 5) is 16.2. The Morgan fingerprint density at radius 3 is 2.76 bits per heavy atom. The number of nitrogens with zero attached hydrogens (tertiary/aromatic N) is 1. The van der Waals surface area contributed by atoms with E-state index in [1.807, 2.05) is 19.1 Å². The molecule has 114 valence electrons. The Hall–Kier alpha value is -0.520. The summed E-state index contributed by atoms with van der Waals surface area (Å²) in [5, 5.41) is 3.43. The Labute approximate surface area is 139 Å². The predicted molar refractivity (Wildman–Crippen MR) is 90.6 cm³/mol. The summed E-state index contributed by atoms with van der Waals surface area (Å²) >= 11 is 5.10. The van der Waals surface area contributed by atoms with Crippen molar-refractivity contribution in [2.24, 2.45) is 0 Å². The molecule has 0 spiro atoms. The van der Waals surface area contributed by atoms with Crippen LogP contribution in [-0.2, 0) is 4.79 Å². The topological polar surface area (TPSA) is 32.3 Å². The molecular formula is C16H21BrN2OS. The number of carbonyl (C=O) groups is 1. The Balaban J connectivity index is 1.68. The second-order valence-electron chi connectivity index (χ2n) is 5.84. The van der Waals surface area contributed by atoms with Crippen LogP contribution < -0.4 is 5.32 Å². The number of thioether (sulfide) groups is 1. The molecule has 1 aromatic carbocycles. The number of halogens is 1. The van der Waals surface area contributed by atoms with Crippen molar-refractivity contribution in [2.45, 2.75) is 48.4 Å². The van der Waals surface area contributed by atoms with E-state index >= 15 is 0 Å². The highest BCUT2D eigenvalue weighted by atomic mass is 79.9. The number of rotatable bonds is 3. The largest absolute Gasteiger partial charge is 0.334 e. The van der Waals surface area contributed by atoms with Crippen LogP contribution in [0.5, 0.6) is 0 Å². The standard InChI is InChI=1S/C16H21BrN2OS/c1-11(21-15-6-2-12(17)3-7-15)16(20)19-13-4-5-14(19)10-18-9-8-13/h2-3,6-7,11,13-14,18H,4-5,8-10H2,1H3. The number of hydrogen-bond donors (Lipinski definition) is 1. The van der Waals surface area contributed by atoms with Crippen molar-refractivity contribution >= 4 is 33.6 Å². The Morgan fingerprint density at radius 2 is 2.00 bits per heavy atom. The van der Waals surface area contributed by atoms with Gasteiger partial charge < -0.3 is 10.2 Å². The molecule has 2 fully saturated rings. The first-order chi connectivity index (χ1) is 10.1. The highest BCUT2D eigenvalue weighted by Crippen LogP contribution is 2.32. The first-order valence-electron chi connectivity index (χ1n) is 7.60. The average Bonchev–Trinajstić information content (AvgIpc) is 2.73. The summed E-state index contributed by atoms with van der Waals surface area (Å²) in [5.41, 5.74) is 0. The normalized spacial score (nSPS) is 26.5. The second kappa shape index (κ2) is 6.71. The van der Waals surface area contributed by atoms with E-state index < -0.39 is 0 Å². The molecule has 3 atom stereocenters. The third-order valence-electron chi connectivity index (χ3n) is 4.38. The van der Waals surface area contributed by atoms with Crippen LogP contribution in [0.3, 0.4) is 0 Å². The van der Waals surface area contributed by atoms with Gasteiger partial charge in [0, 0.05) is 28.0 Å². The molecule has 2 aliphatic heterocycles. The molecule has 2 heterocycles. The molecule has 21 heavy (non-hydrogen) atoms. The molecule has 2 aliphatic rings. The fourth-order valence-electron chi connectivity index (χ4n) is 3.32. The lowest BCUT2D eigenvalue weighted by atomic mass is 10.1. The van der Waals surface area contributed by atoms with Gasteiger partial charge in [-0.3, -0.25) is 4.79 Å². The van der Waals surface area contributed by atoms with Gasteiger partial charge in [0.2, 0.25) is 5.91 Å². The van der Waals surface area contributed by atoms with Crippen LogP contribution in [0.1, 0.15) is 26.2 Å². The smallest absolute Gasteiger partial charge is 0.236 e. The molecule has 3 unspecified atom stereocenters. The van der Waals surface area contributed by atoms with Crippen LogP contribution in [0.4, 0.5) is 0 Å². The van der Waals surface area contributed by atoms with Crippen LogP contribution in [0, 0.1) is 0 Å². The predicted octanol–water partition coefficient (Wildman–Crippen LogP) is 3.28. The van der Waals surface area contributed by atoms with Gasteiger partial charge in [0.25, 0.3) is 0 Å². The summed E-state index contributed by atoms with van der Waals surface area (Å²) in [6.07, 6.45) is 3.42. The van der Waals surface area contributed by atoms with Crippen molar-refractivity contribution in [2.75, 3.05) is 13.1 Å². The third-order valence-corrected chi connectivity index (χ3v) is 6.01. The fourth-order valence-corrected chi connectivity index (χ4v) is 4.51. The van der Waals surface area contributed by atoms with Crippen molar-refractivity contribution in [1.29, 1.82) is 0 Å². The summed E-state index contributed by atoms with van der Waals surface area (Å²) in [7, 11) is 0. The molecule has 1 N–H and O–H groups in total. The van der Waals surface area contributed by atoms with Gasteiger partial charge in [0.1, 0.15) is 0 Å². The number of nitrogens with one attached hydrogen (secondary N) is 1. The molecule has 2 saturated heterocycles. The van der Waals surface area contributed by atoms with Gasteiger partial charge in [-0.15, -0.1) is 11.8 Å². The molecule has 1 aromatic rings. The maximum absolute atomic E-state index is 12.9. The number of amides is 1. The van der Waals surface area contributed by atoms with E-state index in [1.54, 1.807) is 11.8 Å². The SMILES string of the molecule is CC(Sc1ccc(Br)cc1)C(=O)N1C2CCNCC1CC2. The quantitative estimate of drug-likeness (QED) is 0.830. The van der Waals surface area contributed by atoms with E-state index in [-0.39, 0.29) is 5.25 Å². The lowest BCUT2D eigenvalue weighted by molar-refractivity contribution is -0.132. The van der Waals surface area contributed by atoms with Crippen molar-refractivity contribution in [1.82, 2.24) is 10.2 Å². The second-order valence-corrected chi connectivity index (χ2v) is 8.17. The molecule has 1 amide bonds. The minimum atomic E-state index is -0.0209. The Morgan fingerprint density at radius 1 is 1.29 bits per heavy atom. The average molecular weight is 369 g/mol. The molecule has 3 nitrogen and oxygen atoms in total. The first-order valence-corrected chi connectivity index (χ1v) is 9.27. The molecule has 0 aliphatic carbocycles. The molecule has 0 aromatic heterocycles. The van der Waals surface area contributed by atoms with Gasteiger partial charge in [0.15, 0.2) is 0 Å². The van der Waals surface area contributed by atoms with Crippen LogP contribution in [0.15, 0.2) is 33.6 Å². The van der Waals surface area contributed by atoms with Gasteiger partial charge in [-0.25, -0.2) is 0 Å². The fraction of sp³-hybridized carbons (Fsp3) is 0.562. The minimum absolute atomic E-state index is 0.0209. The van der Waals surface area contributed by atoms with Gasteiger partial charge in [-0.2, -0.15) is 0 Å². The molecule has 3 rings (SSSR count). The minimum Gasteiger partial charge on any atom is -0.334 e. The number of fused-ring (bicyclic) bond motifs is 2. The summed E-state index contributed by atoms with van der Waals surface area (Å²) < 4.78 is 1.07. The van der Waals surface area contributed by atoms with E-state index in [1.165, 1.54) is 6.42 Å². The number of benzene rings is 1. The van der Waals surface area contributed by atoms with Crippen LogP contribution in [0.2, 0.25) is 0 Å². The van der Waals surface area contributed by atoms with Crippen molar-refractivity contribution < 1.29 is 4.79 Å². The van der Waals surface area contributed by atoms with E-state index in [0.29, 0.717) is 18.0 Å². The van der Waals surface area contributed by atoms with E-state index in [9.17, 15) is 4.79 Å². The lowest BCUT2D eigenvalue weighted by Crippen LogP contribution is -2.45. The first kappa shape index (κ1) is 15.4. The highest BCUT2D eigenvalue weighted by Gasteiger charge is 2.39. The van der Waals surface area contributed by atoms with E-state index in [2.05, 4.69) is 38.3 Å². The zero-order valence-electron chi connectivity index (χ0n) is 12.2. The molecule has 0 saturated carbocycles. The van der Waals surface area contributed by atoms with E-state index in [0.717, 1.165) is 35.3 Å². The maximum Gasteiger partial charge on any atom is 0.236 e. The number of hydrogen-bond acceptors (Lipinski definition) is 3. The van der Waals surface area contributed by atoms with Gasteiger partial charge >= 0.3 is 0 Å². The van der Waals surface area contributed by atoms with Crippen LogP contribution >= 0.6 is 27.7 Å². The monoisotopic (exact) mass is 368 g/mol. The zero-order valence-corrected chi connectivity index (χ0v) is 14.6. The van der Waals surface area contributed by atoms with Gasteiger partial charge in [-0.05, 0) is 57.0 Å². The number of carbonyl (C=O) groups excluding carboxylic acids is 1. The van der Waals surface area contributed by atoms with Gasteiger partial charge in [-0.1, -0.05) is 15.9 Å².